The Morgan fingerprint density at radius 1 is 1.12 bits per heavy atom. The molecular formula is C37H42N6O7Si. The first-order valence-corrected chi connectivity index (χ1v) is 20.4. The maximum Gasteiger partial charge on any atom is 0.269 e. The van der Waals surface area contributed by atoms with Crippen LogP contribution < -0.4 is 19.7 Å². The van der Waals surface area contributed by atoms with E-state index >= 15 is 4.79 Å². The van der Waals surface area contributed by atoms with Crippen molar-refractivity contribution < 1.29 is 29.1 Å². The van der Waals surface area contributed by atoms with Crippen LogP contribution in [0.15, 0.2) is 72.9 Å². The van der Waals surface area contributed by atoms with E-state index in [1.807, 2.05) is 42.6 Å². The van der Waals surface area contributed by atoms with Gasteiger partial charge in [0.15, 0.2) is 5.60 Å². The van der Waals surface area contributed by atoms with Crippen molar-refractivity contribution in [2.24, 2.45) is 5.92 Å². The smallest absolute Gasteiger partial charge is 0.269 e. The van der Waals surface area contributed by atoms with Crippen molar-refractivity contribution in [1.29, 1.82) is 0 Å². The van der Waals surface area contributed by atoms with Gasteiger partial charge in [0.1, 0.15) is 5.75 Å². The predicted molar refractivity (Wildman–Crippen MR) is 193 cm³/mol. The van der Waals surface area contributed by atoms with Gasteiger partial charge in [0, 0.05) is 68.0 Å². The van der Waals surface area contributed by atoms with Gasteiger partial charge in [-0.2, -0.15) is 0 Å². The molecule has 2 fully saturated rings. The third-order valence-electron chi connectivity index (χ3n) is 11.0. The summed E-state index contributed by atoms with van der Waals surface area (Å²) in [5, 5.41) is 31.1. The average Bonchev–Trinajstić information content (AvgIpc) is 3.76. The third-order valence-corrected chi connectivity index (χ3v) is 15.4. The summed E-state index contributed by atoms with van der Waals surface area (Å²) in [7, 11) is -0.821. The molecule has 0 aliphatic carbocycles. The number of aliphatic hydroxyl groups is 1. The average molecular weight is 711 g/mol. The number of methoxy groups -OCH3 is 1. The lowest BCUT2D eigenvalue weighted by Gasteiger charge is -2.37. The monoisotopic (exact) mass is 710 g/mol. The third kappa shape index (κ3) is 5.90. The number of aryl methyl sites for hydroxylation is 1. The number of nitrogens with zero attached hydrogens (tertiary/aromatic N) is 6. The molecule has 266 valence electrons. The Hall–Kier alpha value is -4.92. The van der Waals surface area contributed by atoms with Gasteiger partial charge in [-0.25, -0.2) is 0 Å². The quantitative estimate of drug-likeness (QED) is 0.0981. The molecule has 3 aliphatic rings. The predicted octanol–water partition coefficient (Wildman–Crippen LogP) is 4.32. The van der Waals surface area contributed by atoms with Gasteiger partial charge in [0.05, 0.1) is 44.1 Å². The number of non-ortho nitro benzene ring substituents is 1. The molecule has 0 radical (unpaired) electrons. The van der Waals surface area contributed by atoms with Gasteiger partial charge in [-0.3, -0.25) is 24.4 Å². The fourth-order valence-corrected chi connectivity index (χ4v) is 12.4. The Bertz CT molecular complexity index is 1980. The van der Waals surface area contributed by atoms with Crippen LogP contribution in [0.2, 0.25) is 18.6 Å². The number of benzene rings is 3. The van der Waals surface area contributed by atoms with Crippen LogP contribution in [0.3, 0.4) is 0 Å². The van der Waals surface area contributed by atoms with E-state index in [9.17, 15) is 20.0 Å². The number of amides is 2. The molecule has 2 amide bonds. The van der Waals surface area contributed by atoms with Gasteiger partial charge in [0.25, 0.3) is 11.6 Å². The number of aliphatic hydroxyl groups excluding tert-OH is 1. The molecule has 0 saturated carbocycles. The second-order valence-corrected chi connectivity index (χ2v) is 18.9. The maximum atomic E-state index is 15.1. The lowest BCUT2D eigenvalue weighted by Crippen LogP contribution is -2.51. The Morgan fingerprint density at radius 2 is 1.90 bits per heavy atom. The first-order valence-electron chi connectivity index (χ1n) is 17.3. The van der Waals surface area contributed by atoms with E-state index in [4.69, 9.17) is 9.47 Å². The molecule has 1 aromatic heterocycles. The maximum absolute atomic E-state index is 15.1. The molecule has 1 spiro atoms. The lowest BCUT2D eigenvalue weighted by molar-refractivity contribution is -0.385. The number of fused-ring (bicyclic) bond motifs is 2. The molecular weight excluding hydrogens is 669 g/mol. The van der Waals surface area contributed by atoms with Crippen LogP contribution in [0.5, 0.6) is 5.75 Å². The summed E-state index contributed by atoms with van der Waals surface area (Å²) in [5.41, 5.74) is 1.72. The van der Waals surface area contributed by atoms with Crippen molar-refractivity contribution in [1.82, 2.24) is 15.0 Å². The number of carbonyl (C=O) groups excluding carboxylic acids is 2. The first-order chi connectivity index (χ1) is 24.5. The van der Waals surface area contributed by atoms with Crippen LogP contribution in [0.1, 0.15) is 36.6 Å². The zero-order chi connectivity index (χ0) is 36.1. The number of carbonyl (C=O) groups is 2. The number of aromatic nitrogens is 3. The van der Waals surface area contributed by atoms with Crippen LogP contribution >= 0.6 is 0 Å². The molecule has 13 nitrogen and oxygen atoms in total. The second kappa shape index (κ2) is 13.3. The molecule has 7 rings (SSSR count). The van der Waals surface area contributed by atoms with E-state index in [1.54, 1.807) is 27.7 Å². The first kappa shape index (κ1) is 34.5. The van der Waals surface area contributed by atoms with Crippen LogP contribution in [0.25, 0.3) is 0 Å². The molecule has 0 unspecified atom stereocenters. The summed E-state index contributed by atoms with van der Waals surface area (Å²) in [6.45, 7) is 7.93. The second-order valence-electron chi connectivity index (χ2n) is 14.2. The van der Waals surface area contributed by atoms with E-state index < -0.39 is 24.7 Å². The van der Waals surface area contributed by atoms with Gasteiger partial charge in [0.2, 0.25) is 5.91 Å². The molecule has 14 heteroatoms. The number of nitro groups is 1. The molecule has 3 aliphatic heterocycles. The Kier molecular flexibility index (Phi) is 9.02. The molecule has 1 N–H and O–H groups in total. The fraction of sp³-hybridized carbons (Fsp3) is 0.405. The minimum absolute atomic E-state index is 0.0287. The van der Waals surface area contributed by atoms with Gasteiger partial charge < -0.3 is 24.4 Å². The Morgan fingerprint density at radius 3 is 2.57 bits per heavy atom. The number of hydrogen-bond donors (Lipinski definition) is 1. The molecule has 51 heavy (non-hydrogen) atoms. The highest BCUT2D eigenvalue weighted by Crippen LogP contribution is 2.60. The summed E-state index contributed by atoms with van der Waals surface area (Å²) in [5.74, 6) is 0.206. The number of hydrogen-bond acceptors (Lipinski definition) is 9. The fourth-order valence-electron chi connectivity index (χ4n) is 8.37. The highest BCUT2D eigenvalue weighted by molar-refractivity contribution is 6.91. The minimum atomic E-state index is -2.46. The van der Waals surface area contributed by atoms with Crippen LogP contribution in [0, 0.1) is 16.0 Å². The summed E-state index contributed by atoms with van der Waals surface area (Å²) in [6, 6.07) is 20.3. The van der Waals surface area contributed by atoms with E-state index in [2.05, 4.69) is 42.5 Å². The Labute approximate surface area is 296 Å². The van der Waals surface area contributed by atoms with Gasteiger partial charge in [-0.05, 0) is 47.9 Å². The van der Waals surface area contributed by atoms with E-state index in [1.165, 1.54) is 17.3 Å². The van der Waals surface area contributed by atoms with Crippen LogP contribution in [-0.2, 0) is 39.4 Å². The number of nitro benzene ring substituents is 1. The van der Waals surface area contributed by atoms with Crippen LogP contribution in [0.4, 0.5) is 17.1 Å². The molecule has 4 heterocycles. The molecule has 4 atom stereocenters. The number of anilines is 2. The SMILES string of the molecule is COc1ccc([Si](C)(C)[C@H]2[C@H](CCn3cc(CCO)nn3)O[C@@]3(C(=O)N(Cc4cccc(N5CCC5=O)c4)c4ccc([N+](=O)[O-])cc43)[C@@H]2C)cc1. The van der Waals surface area contributed by atoms with Crippen molar-refractivity contribution in [3.8, 4) is 5.75 Å². The number of rotatable bonds is 12. The molecule has 3 aromatic carbocycles. The van der Waals surface area contributed by atoms with Crippen LogP contribution in [-0.4, -0.2) is 71.3 Å². The van der Waals surface area contributed by atoms with E-state index in [0.717, 1.165) is 17.0 Å². The lowest BCUT2D eigenvalue weighted by atomic mass is 9.82. The molecule has 0 bridgehead atoms. The summed E-state index contributed by atoms with van der Waals surface area (Å²) in [4.78, 5) is 42.4. The van der Waals surface area contributed by atoms with Crippen molar-refractivity contribution in [2.45, 2.75) is 69.6 Å². The minimum Gasteiger partial charge on any atom is -0.497 e. The zero-order valence-electron chi connectivity index (χ0n) is 29.2. The topological polar surface area (TPSA) is 153 Å². The highest BCUT2D eigenvalue weighted by atomic mass is 28.3. The van der Waals surface area contributed by atoms with Gasteiger partial charge in [-0.1, -0.05) is 54.7 Å². The molecule has 4 aromatic rings. The molecule has 2 saturated heterocycles. The normalized spacial score (nSPS) is 22.8. The standard InChI is InChI=1S/C37H42N6O7Si/c1-24-35(51(3,4)30-11-9-29(49-2)10-12-30)33(14-17-40-23-26(16-19-44)38-39-40)50-37(24)31-21-28(43(47)48)8-13-32(31)42(36(37)46)22-25-6-5-7-27(20-25)41-18-15-34(41)45/h5-13,20-21,23-24,33,35,44H,14-19,22H2,1-4H3/t24-,33+,35-,37+/m1/s1. The number of ether oxygens (including phenoxy) is 2. The summed E-state index contributed by atoms with van der Waals surface area (Å²) < 4.78 is 14.3. The summed E-state index contributed by atoms with van der Waals surface area (Å²) >= 11 is 0. The van der Waals surface area contributed by atoms with Crippen molar-refractivity contribution in [2.75, 3.05) is 30.1 Å². The Balaban J connectivity index is 1.30. The van der Waals surface area contributed by atoms with Gasteiger partial charge in [-0.15, -0.1) is 5.10 Å². The zero-order valence-corrected chi connectivity index (χ0v) is 30.2. The summed E-state index contributed by atoms with van der Waals surface area (Å²) in [6.07, 6.45) is 2.85. The van der Waals surface area contributed by atoms with E-state index in [0.29, 0.717) is 49.3 Å². The van der Waals surface area contributed by atoms with Crippen molar-refractivity contribution >= 4 is 42.1 Å². The largest absolute Gasteiger partial charge is 0.497 e. The van der Waals surface area contributed by atoms with E-state index in [-0.39, 0.29) is 42.1 Å². The number of β-lactam (4-membered cyclic amide) rings is 1. The highest BCUT2D eigenvalue weighted by Gasteiger charge is 2.66. The van der Waals surface area contributed by atoms with Crippen molar-refractivity contribution in [3.05, 3.63) is 99.9 Å². The van der Waals surface area contributed by atoms with Crippen molar-refractivity contribution in [3.63, 3.8) is 0 Å². The van der Waals surface area contributed by atoms with Gasteiger partial charge >= 0.3 is 0 Å².